The Labute approximate surface area is 109 Å². The van der Waals surface area contributed by atoms with Crippen molar-refractivity contribution in [3.05, 3.63) is 35.2 Å². The molecule has 0 saturated carbocycles. The molecule has 0 aromatic carbocycles. The van der Waals surface area contributed by atoms with Gasteiger partial charge in [0.25, 0.3) is 0 Å². The number of alkyl halides is 3. The van der Waals surface area contributed by atoms with Crippen LogP contribution in [0.15, 0.2) is 12.6 Å². The highest BCUT2D eigenvalue weighted by atomic mass is 19.4. The third-order valence-corrected chi connectivity index (χ3v) is 3.01. The Hall–Kier alpha value is -1.43. The molecule has 0 aliphatic rings. The van der Waals surface area contributed by atoms with Crippen molar-refractivity contribution < 1.29 is 22.6 Å². The maximum Gasteiger partial charge on any atom is 0.417 e. The second-order valence-corrected chi connectivity index (χ2v) is 4.83. The third kappa shape index (κ3) is 3.12. The molecule has 2 nitrogen and oxygen atoms in total. The zero-order valence-electron chi connectivity index (χ0n) is 11.2. The number of rotatable bonds is 3. The number of nitrogens with zero attached hydrogens (tertiary/aromatic N) is 1. The first-order chi connectivity index (χ1) is 8.50. The van der Waals surface area contributed by atoms with Crippen LogP contribution in [0.2, 0.25) is 0 Å². The van der Waals surface area contributed by atoms with Crippen molar-refractivity contribution >= 4 is 5.57 Å². The fourth-order valence-electron chi connectivity index (χ4n) is 1.70. The SMILES string of the molecule is C=C(c1cc(C(C)(C)OF)c(C)c(C)n1)C(F)(F)F. The normalized spacial score (nSPS) is 12.6. The van der Waals surface area contributed by atoms with Crippen LogP contribution in [-0.4, -0.2) is 11.2 Å². The Balaban J connectivity index is 3.45. The Morgan fingerprint density at radius 3 is 2.21 bits per heavy atom. The van der Waals surface area contributed by atoms with Crippen LogP contribution in [0.5, 0.6) is 0 Å². The van der Waals surface area contributed by atoms with Crippen molar-refractivity contribution in [2.45, 2.75) is 39.5 Å². The molecule has 0 bridgehead atoms. The van der Waals surface area contributed by atoms with Crippen LogP contribution in [0.4, 0.5) is 17.7 Å². The predicted molar refractivity (Wildman–Crippen MR) is 64.0 cm³/mol. The molecule has 1 aromatic heterocycles. The number of aryl methyl sites for hydroxylation is 1. The summed E-state index contributed by atoms with van der Waals surface area (Å²) in [5.41, 5.74) is -1.46. The standard InChI is InChI=1S/C13H15F4NO/c1-7-9(3)18-11(8(2)13(14,15)16)6-10(7)12(4,5)19-17/h6H,2H2,1,3-5H3. The van der Waals surface area contributed by atoms with Gasteiger partial charge in [-0.05, 0) is 49.4 Å². The average Bonchev–Trinajstić information content (AvgIpc) is 2.30. The molecular weight excluding hydrogens is 262 g/mol. The van der Waals surface area contributed by atoms with Crippen molar-refractivity contribution in [1.29, 1.82) is 0 Å². The summed E-state index contributed by atoms with van der Waals surface area (Å²) in [6.07, 6.45) is -4.58. The van der Waals surface area contributed by atoms with Crippen LogP contribution < -0.4 is 0 Å². The van der Waals surface area contributed by atoms with Gasteiger partial charge in [-0.1, -0.05) is 6.58 Å². The van der Waals surface area contributed by atoms with Gasteiger partial charge < -0.3 is 0 Å². The molecule has 0 atom stereocenters. The smallest absolute Gasteiger partial charge is 0.253 e. The van der Waals surface area contributed by atoms with E-state index in [9.17, 15) is 17.7 Å². The maximum atomic E-state index is 12.6. The van der Waals surface area contributed by atoms with Gasteiger partial charge in [0.1, 0.15) is 5.60 Å². The van der Waals surface area contributed by atoms with Crippen molar-refractivity contribution in [3.8, 4) is 0 Å². The first kappa shape index (κ1) is 15.6. The van der Waals surface area contributed by atoms with E-state index < -0.39 is 17.4 Å². The highest BCUT2D eigenvalue weighted by Gasteiger charge is 2.35. The summed E-state index contributed by atoms with van der Waals surface area (Å²) in [5, 5.41) is 0. The Morgan fingerprint density at radius 2 is 1.79 bits per heavy atom. The highest BCUT2D eigenvalue weighted by molar-refractivity contribution is 5.65. The van der Waals surface area contributed by atoms with Crippen LogP contribution >= 0.6 is 0 Å². The molecule has 0 spiro atoms. The quantitative estimate of drug-likeness (QED) is 0.763. The van der Waals surface area contributed by atoms with E-state index in [0.717, 1.165) is 6.07 Å². The number of allylic oxidation sites excluding steroid dienone is 1. The molecule has 6 heteroatoms. The molecular formula is C13H15F4NO. The molecule has 19 heavy (non-hydrogen) atoms. The van der Waals surface area contributed by atoms with E-state index in [1.165, 1.54) is 13.8 Å². The Bertz CT molecular complexity index is 506. The van der Waals surface area contributed by atoms with E-state index >= 15 is 0 Å². The van der Waals surface area contributed by atoms with E-state index in [4.69, 9.17) is 0 Å². The molecule has 1 rings (SSSR count). The highest BCUT2D eigenvalue weighted by Crippen LogP contribution is 2.35. The first-order valence-electron chi connectivity index (χ1n) is 5.55. The molecule has 0 amide bonds. The lowest BCUT2D eigenvalue weighted by molar-refractivity contribution is -0.227. The Morgan fingerprint density at radius 1 is 1.26 bits per heavy atom. The van der Waals surface area contributed by atoms with Crippen LogP contribution in [0, 0.1) is 13.8 Å². The Kier molecular flexibility index (Phi) is 4.05. The van der Waals surface area contributed by atoms with Gasteiger partial charge in [-0.2, -0.15) is 18.1 Å². The minimum atomic E-state index is -4.58. The minimum Gasteiger partial charge on any atom is -0.253 e. The van der Waals surface area contributed by atoms with Gasteiger partial charge in [0.15, 0.2) is 0 Å². The number of hydrogen-bond donors (Lipinski definition) is 0. The van der Waals surface area contributed by atoms with E-state index in [-0.39, 0.29) is 5.69 Å². The lowest BCUT2D eigenvalue weighted by Gasteiger charge is -2.24. The number of aromatic nitrogens is 1. The maximum absolute atomic E-state index is 12.6. The van der Waals surface area contributed by atoms with Gasteiger partial charge in [-0.3, -0.25) is 4.98 Å². The summed E-state index contributed by atoms with van der Waals surface area (Å²) >= 11 is 0. The molecule has 0 aliphatic heterocycles. The lowest BCUT2D eigenvalue weighted by atomic mass is 9.92. The van der Waals surface area contributed by atoms with Crippen molar-refractivity contribution in [1.82, 2.24) is 4.98 Å². The van der Waals surface area contributed by atoms with Gasteiger partial charge in [-0.15, -0.1) is 0 Å². The van der Waals surface area contributed by atoms with E-state index in [1.807, 2.05) is 0 Å². The molecule has 0 radical (unpaired) electrons. The van der Waals surface area contributed by atoms with Gasteiger partial charge >= 0.3 is 6.18 Å². The monoisotopic (exact) mass is 277 g/mol. The summed E-state index contributed by atoms with van der Waals surface area (Å²) in [4.78, 5) is 7.69. The minimum absolute atomic E-state index is 0.308. The predicted octanol–water partition coefficient (Wildman–Crippen LogP) is 4.41. The molecule has 0 N–H and O–H groups in total. The third-order valence-electron chi connectivity index (χ3n) is 3.01. The fraction of sp³-hybridized carbons (Fsp3) is 0.462. The van der Waals surface area contributed by atoms with Gasteiger partial charge in [0.2, 0.25) is 0 Å². The van der Waals surface area contributed by atoms with E-state index in [0.29, 0.717) is 16.8 Å². The van der Waals surface area contributed by atoms with Crippen molar-refractivity contribution in [2.24, 2.45) is 0 Å². The van der Waals surface area contributed by atoms with Crippen LogP contribution in [0.1, 0.15) is 36.4 Å². The molecule has 0 unspecified atom stereocenters. The van der Waals surface area contributed by atoms with Gasteiger partial charge in [-0.25, -0.2) is 0 Å². The average molecular weight is 277 g/mol. The summed E-state index contributed by atoms with van der Waals surface area (Å²) in [6.45, 7) is 9.05. The summed E-state index contributed by atoms with van der Waals surface area (Å²) in [6, 6.07) is 1.16. The first-order valence-corrected chi connectivity index (χ1v) is 5.55. The van der Waals surface area contributed by atoms with Crippen LogP contribution in [-0.2, 0) is 10.5 Å². The van der Waals surface area contributed by atoms with E-state index in [1.54, 1.807) is 13.8 Å². The summed E-state index contributed by atoms with van der Waals surface area (Å²) in [7, 11) is 0. The summed E-state index contributed by atoms with van der Waals surface area (Å²) in [5.74, 6) is 0. The fourth-order valence-corrected chi connectivity index (χ4v) is 1.70. The second kappa shape index (κ2) is 4.92. The molecule has 1 aromatic rings. The van der Waals surface area contributed by atoms with E-state index in [2.05, 4.69) is 16.5 Å². The van der Waals surface area contributed by atoms with Crippen molar-refractivity contribution in [3.63, 3.8) is 0 Å². The summed E-state index contributed by atoms with van der Waals surface area (Å²) < 4.78 is 50.5. The second-order valence-electron chi connectivity index (χ2n) is 4.83. The zero-order chi connectivity index (χ0) is 15.0. The van der Waals surface area contributed by atoms with Crippen LogP contribution in [0.25, 0.3) is 5.57 Å². The van der Waals surface area contributed by atoms with Gasteiger partial charge in [0.05, 0.1) is 11.3 Å². The molecule has 1 heterocycles. The molecule has 0 aliphatic carbocycles. The van der Waals surface area contributed by atoms with Crippen molar-refractivity contribution in [2.75, 3.05) is 0 Å². The molecule has 0 fully saturated rings. The molecule has 106 valence electrons. The number of halogens is 4. The lowest BCUT2D eigenvalue weighted by Crippen LogP contribution is -2.21. The topological polar surface area (TPSA) is 22.1 Å². The molecule has 0 saturated heterocycles. The van der Waals surface area contributed by atoms with Gasteiger partial charge in [0, 0.05) is 5.69 Å². The number of hydrogen-bond acceptors (Lipinski definition) is 2. The largest absolute Gasteiger partial charge is 0.417 e. The van der Waals surface area contributed by atoms with Crippen LogP contribution in [0.3, 0.4) is 0 Å². The zero-order valence-corrected chi connectivity index (χ0v) is 11.2. The number of pyridine rings is 1.